The van der Waals surface area contributed by atoms with Gasteiger partial charge in [-0.15, -0.1) is 5.01 Å². The first-order valence-electron chi connectivity index (χ1n) is 8.45. The van der Waals surface area contributed by atoms with Crippen molar-refractivity contribution >= 4 is 18.1 Å². The number of hydrazine groups is 1. The third kappa shape index (κ3) is 2.45. The zero-order valence-electron chi connectivity index (χ0n) is 14.4. The number of methoxy groups -OCH3 is 2. The number of hydrogen-bond acceptors (Lipinski definition) is 5. The smallest absolute Gasteiger partial charge is 0.436 e. The molecule has 7 nitrogen and oxygen atoms in total. The number of carbonyl (C=O) groups excluding carboxylic acids is 3. The van der Waals surface area contributed by atoms with Crippen molar-refractivity contribution in [2.24, 2.45) is 5.92 Å². The molecular formula is C18H22N2O5. The normalized spacial score (nSPS) is 23.8. The number of hydrogen-bond donors (Lipinski definition) is 0. The van der Waals surface area contributed by atoms with Crippen LogP contribution in [0, 0.1) is 5.92 Å². The van der Waals surface area contributed by atoms with Crippen molar-refractivity contribution in [1.82, 2.24) is 10.0 Å². The van der Waals surface area contributed by atoms with Crippen LogP contribution in [0.15, 0.2) is 30.3 Å². The van der Waals surface area contributed by atoms with Gasteiger partial charge in [-0.1, -0.05) is 49.6 Å². The van der Waals surface area contributed by atoms with Gasteiger partial charge in [-0.2, -0.15) is 5.01 Å². The summed E-state index contributed by atoms with van der Waals surface area (Å²) in [6.45, 7) is 0. The van der Waals surface area contributed by atoms with Crippen LogP contribution in [0.2, 0.25) is 0 Å². The van der Waals surface area contributed by atoms with E-state index in [2.05, 4.69) is 4.74 Å². The number of rotatable bonds is 2. The quantitative estimate of drug-likeness (QED) is 0.822. The van der Waals surface area contributed by atoms with Gasteiger partial charge < -0.3 is 9.47 Å². The van der Waals surface area contributed by atoms with E-state index in [1.54, 1.807) is 0 Å². The second kappa shape index (κ2) is 6.74. The van der Waals surface area contributed by atoms with Crippen molar-refractivity contribution < 1.29 is 23.9 Å². The molecule has 0 spiro atoms. The third-order valence-electron chi connectivity index (χ3n) is 5.16. The van der Waals surface area contributed by atoms with E-state index < -0.39 is 23.6 Å². The summed E-state index contributed by atoms with van der Waals surface area (Å²) in [5, 5.41) is 1.87. The lowest BCUT2D eigenvalue weighted by Crippen LogP contribution is -2.80. The Hall–Kier alpha value is -2.57. The van der Waals surface area contributed by atoms with E-state index in [1.165, 1.54) is 14.2 Å². The van der Waals surface area contributed by atoms with Crippen LogP contribution in [0.5, 0.6) is 0 Å². The van der Waals surface area contributed by atoms with Gasteiger partial charge in [0.15, 0.2) is 5.54 Å². The molecule has 1 heterocycles. The minimum atomic E-state index is -1.22. The summed E-state index contributed by atoms with van der Waals surface area (Å²) in [4.78, 5) is 37.8. The van der Waals surface area contributed by atoms with E-state index in [1.807, 2.05) is 30.3 Å². The molecule has 1 aliphatic carbocycles. The molecule has 1 aromatic rings. The van der Waals surface area contributed by atoms with E-state index in [9.17, 15) is 14.4 Å². The lowest BCUT2D eigenvalue weighted by molar-refractivity contribution is -0.213. The first-order valence-corrected chi connectivity index (χ1v) is 8.45. The molecule has 1 atom stereocenters. The van der Waals surface area contributed by atoms with E-state index >= 15 is 0 Å². The molecule has 2 fully saturated rings. The fourth-order valence-corrected chi connectivity index (χ4v) is 4.06. The molecule has 25 heavy (non-hydrogen) atoms. The predicted molar refractivity (Wildman–Crippen MR) is 88.2 cm³/mol. The maximum atomic E-state index is 13.2. The number of imide groups is 1. The highest BCUT2D eigenvalue weighted by Crippen LogP contribution is 2.51. The number of ether oxygens (including phenoxy) is 2. The highest BCUT2D eigenvalue weighted by atomic mass is 16.6. The Balaban J connectivity index is 2.13. The first-order chi connectivity index (χ1) is 12.1. The molecule has 134 valence electrons. The second-order valence-corrected chi connectivity index (χ2v) is 6.34. The summed E-state index contributed by atoms with van der Waals surface area (Å²) < 4.78 is 9.56. The zero-order valence-corrected chi connectivity index (χ0v) is 14.4. The second-order valence-electron chi connectivity index (χ2n) is 6.34. The van der Waals surface area contributed by atoms with Crippen molar-refractivity contribution in [2.75, 3.05) is 14.2 Å². The molecule has 0 aromatic heterocycles. The molecule has 7 heteroatoms. The molecule has 0 unspecified atom stereocenters. The number of nitrogens with zero attached hydrogens (tertiary/aromatic N) is 2. The number of carbonyl (C=O) groups is 3. The Bertz CT molecular complexity index is 671. The Labute approximate surface area is 146 Å². The number of benzene rings is 1. The van der Waals surface area contributed by atoms with Gasteiger partial charge in [0.05, 0.1) is 14.2 Å². The van der Waals surface area contributed by atoms with E-state index in [0.29, 0.717) is 5.56 Å². The van der Waals surface area contributed by atoms with Crippen molar-refractivity contribution in [3.8, 4) is 0 Å². The minimum absolute atomic E-state index is 0.0730. The van der Waals surface area contributed by atoms with Crippen molar-refractivity contribution in [2.45, 2.75) is 37.6 Å². The SMILES string of the molecule is COC(=O)N1C(=O)[C@](c2ccccc2)(C2CCCCC2)N1C(=O)OC. The van der Waals surface area contributed by atoms with Gasteiger partial charge in [0.1, 0.15) is 0 Å². The lowest BCUT2D eigenvalue weighted by atomic mass is 9.67. The van der Waals surface area contributed by atoms with Crippen LogP contribution in [0.25, 0.3) is 0 Å². The van der Waals surface area contributed by atoms with Crippen LogP contribution in [0.3, 0.4) is 0 Å². The summed E-state index contributed by atoms with van der Waals surface area (Å²) in [6, 6.07) is 9.13. The van der Waals surface area contributed by atoms with Crippen LogP contribution in [0.1, 0.15) is 37.7 Å². The standard InChI is InChI=1S/C18H22N2O5/c1-24-16(22)19-15(21)18(20(19)17(23)25-2,13-9-5-3-6-10-13)14-11-7-4-8-12-14/h3,5-6,9-10,14H,4,7-8,11-12H2,1-2H3/t18-/m0/s1. The maximum Gasteiger partial charge on any atom is 0.436 e. The maximum absolute atomic E-state index is 13.2. The fraction of sp³-hybridized carbons (Fsp3) is 0.500. The molecular weight excluding hydrogens is 324 g/mol. The zero-order chi connectivity index (χ0) is 18.0. The van der Waals surface area contributed by atoms with Gasteiger partial charge >= 0.3 is 12.2 Å². The van der Waals surface area contributed by atoms with Crippen molar-refractivity contribution in [3.63, 3.8) is 0 Å². The highest BCUT2D eigenvalue weighted by Gasteiger charge is 2.69. The van der Waals surface area contributed by atoms with Gasteiger partial charge in [0.2, 0.25) is 0 Å². The molecule has 1 aliphatic heterocycles. The van der Waals surface area contributed by atoms with Crippen LogP contribution in [-0.2, 0) is 19.8 Å². The summed E-state index contributed by atoms with van der Waals surface area (Å²) in [6.07, 6.45) is 3.05. The number of amides is 3. The third-order valence-corrected chi connectivity index (χ3v) is 5.16. The molecule has 0 radical (unpaired) electrons. The van der Waals surface area contributed by atoms with E-state index in [-0.39, 0.29) is 5.92 Å². The highest BCUT2D eigenvalue weighted by molar-refractivity contribution is 6.06. The Morgan fingerprint density at radius 3 is 2.16 bits per heavy atom. The monoisotopic (exact) mass is 346 g/mol. The van der Waals surface area contributed by atoms with E-state index in [0.717, 1.165) is 42.1 Å². The molecule has 0 N–H and O–H groups in total. The van der Waals surface area contributed by atoms with Crippen LogP contribution in [0.4, 0.5) is 9.59 Å². The van der Waals surface area contributed by atoms with Gasteiger partial charge in [0.25, 0.3) is 5.91 Å². The largest absolute Gasteiger partial charge is 0.451 e. The molecule has 1 saturated carbocycles. The molecule has 3 rings (SSSR count). The molecule has 2 aliphatic rings. The average molecular weight is 346 g/mol. The van der Waals surface area contributed by atoms with Crippen LogP contribution >= 0.6 is 0 Å². The van der Waals surface area contributed by atoms with Gasteiger partial charge in [0, 0.05) is 0 Å². The van der Waals surface area contributed by atoms with Crippen molar-refractivity contribution in [3.05, 3.63) is 35.9 Å². The summed E-state index contributed by atoms with van der Waals surface area (Å²) >= 11 is 0. The average Bonchev–Trinajstić information content (AvgIpc) is 2.67. The van der Waals surface area contributed by atoms with Gasteiger partial charge in [-0.05, 0) is 24.3 Å². The fourth-order valence-electron chi connectivity index (χ4n) is 4.06. The van der Waals surface area contributed by atoms with Crippen molar-refractivity contribution in [1.29, 1.82) is 0 Å². The summed E-state index contributed by atoms with van der Waals surface area (Å²) in [5.41, 5.74) is -0.527. The van der Waals surface area contributed by atoms with Crippen LogP contribution < -0.4 is 0 Å². The minimum Gasteiger partial charge on any atom is -0.451 e. The topological polar surface area (TPSA) is 76.2 Å². The summed E-state index contributed by atoms with van der Waals surface area (Å²) in [5.74, 6) is -0.515. The molecule has 0 bridgehead atoms. The Morgan fingerprint density at radius 2 is 1.60 bits per heavy atom. The first kappa shape index (κ1) is 17.3. The Morgan fingerprint density at radius 1 is 1.00 bits per heavy atom. The van der Waals surface area contributed by atoms with E-state index in [4.69, 9.17) is 4.74 Å². The molecule has 1 saturated heterocycles. The summed E-state index contributed by atoms with van der Waals surface area (Å²) in [7, 11) is 2.41. The van der Waals surface area contributed by atoms with Gasteiger partial charge in [-0.25, -0.2) is 9.59 Å². The Kier molecular flexibility index (Phi) is 4.65. The molecule has 1 aromatic carbocycles. The van der Waals surface area contributed by atoms with Gasteiger partial charge in [-0.3, -0.25) is 4.79 Å². The predicted octanol–water partition coefficient (Wildman–Crippen LogP) is 3.05. The lowest BCUT2D eigenvalue weighted by Gasteiger charge is -2.58. The molecule has 3 amide bonds. The van der Waals surface area contributed by atoms with Crippen LogP contribution in [-0.4, -0.2) is 42.3 Å².